The first kappa shape index (κ1) is 12.5. The quantitative estimate of drug-likeness (QED) is 0.688. The molecule has 1 atom stereocenters. The van der Waals surface area contributed by atoms with Crippen LogP contribution < -0.4 is 5.32 Å². The van der Waals surface area contributed by atoms with Gasteiger partial charge in [-0.1, -0.05) is 0 Å². The molecule has 0 bridgehead atoms. The van der Waals surface area contributed by atoms with Crippen molar-refractivity contribution in [2.75, 3.05) is 26.2 Å². The predicted molar refractivity (Wildman–Crippen MR) is 59.5 cm³/mol. The second-order valence-electron chi connectivity index (χ2n) is 4.52. The maximum absolute atomic E-state index is 11.1. The van der Waals surface area contributed by atoms with Gasteiger partial charge < -0.3 is 15.3 Å². The third-order valence-electron chi connectivity index (χ3n) is 2.97. The summed E-state index contributed by atoms with van der Waals surface area (Å²) in [5.41, 5.74) is 0. The van der Waals surface area contributed by atoms with Crippen LogP contribution in [0.25, 0.3) is 0 Å². The van der Waals surface area contributed by atoms with Gasteiger partial charge in [0.25, 0.3) is 0 Å². The molecule has 0 aliphatic carbocycles. The molecule has 1 fully saturated rings. The number of carbonyl (C=O) groups is 1. The highest BCUT2D eigenvalue weighted by atomic mass is 16.3. The van der Waals surface area contributed by atoms with E-state index < -0.39 is 0 Å². The summed E-state index contributed by atoms with van der Waals surface area (Å²) in [6.07, 6.45) is 1.39. The fourth-order valence-electron chi connectivity index (χ4n) is 1.95. The Balaban J connectivity index is 2.16. The molecule has 0 saturated carbocycles. The van der Waals surface area contributed by atoms with Crippen molar-refractivity contribution in [2.24, 2.45) is 5.92 Å². The van der Waals surface area contributed by atoms with E-state index in [1.807, 2.05) is 0 Å². The van der Waals surface area contributed by atoms with Gasteiger partial charge in [-0.05, 0) is 32.7 Å². The second-order valence-corrected chi connectivity index (χ2v) is 4.52. The Bertz CT molecular complexity index is 207. The first-order valence-electron chi connectivity index (χ1n) is 5.75. The van der Waals surface area contributed by atoms with Gasteiger partial charge in [0.2, 0.25) is 5.91 Å². The zero-order valence-electron chi connectivity index (χ0n) is 9.70. The first-order chi connectivity index (χ1) is 7.13. The van der Waals surface area contributed by atoms with Gasteiger partial charge >= 0.3 is 0 Å². The summed E-state index contributed by atoms with van der Waals surface area (Å²) in [4.78, 5) is 13.6. The highest BCUT2D eigenvalue weighted by Gasteiger charge is 2.24. The molecule has 15 heavy (non-hydrogen) atoms. The number of aliphatic hydroxyl groups is 1. The summed E-state index contributed by atoms with van der Waals surface area (Å²) in [7, 11) is 0. The van der Waals surface area contributed by atoms with E-state index in [4.69, 9.17) is 5.11 Å². The van der Waals surface area contributed by atoms with Crippen molar-refractivity contribution in [3.63, 3.8) is 0 Å². The fraction of sp³-hybridized carbons (Fsp3) is 0.909. The van der Waals surface area contributed by atoms with Crippen LogP contribution in [0.4, 0.5) is 0 Å². The number of aliphatic hydroxyl groups excluding tert-OH is 1. The van der Waals surface area contributed by atoms with E-state index in [-0.39, 0.29) is 18.9 Å². The summed E-state index contributed by atoms with van der Waals surface area (Å²) in [5, 5.41) is 11.4. The van der Waals surface area contributed by atoms with Crippen LogP contribution in [0.2, 0.25) is 0 Å². The van der Waals surface area contributed by atoms with Gasteiger partial charge in [0.15, 0.2) is 0 Å². The Morgan fingerprint density at radius 3 is 2.87 bits per heavy atom. The Labute approximate surface area is 91.6 Å². The Hall–Kier alpha value is -0.610. The second kappa shape index (κ2) is 6.08. The normalized spacial score (nSPS) is 22.3. The summed E-state index contributed by atoms with van der Waals surface area (Å²) in [6.45, 7) is 7.31. The smallest absolute Gasteiger partial charge is 0.222 e. The van der Waals surface area contributed by atoms with E-state index in [1.165, 1.54) is 0 Å². The molecule has 4 nitrogen and oxygen atoms in total. The molecule has 88 valence electrons. The number of likely N-dealkylation sites (tertiary alicyclic amines) is 1. The van der Waals surface area contributed by atoms with E-state index in [1.54, 1.807) is 0 Å². The molecule has 1 unspecified atom stereocenters. The maximum atomic E-state index is 11.1. The SMILES string of the molecule is CC(C)N1CCC(CNC(=O)CCO)C1. The van der Waals surface area contributed by atoms with Crippen LogP contribution in [-0.4, -0.2) is 48.2 Å². The van der Waals surface area contributed by atoms with Crippen molar-refractivity contribution in [3.8, 4) is 0 Å². The van der Waals surface area contributed by atoms with Crippen molar-refractivity contribution < 1.29 is 9.90 Å². The number of rotatable bonds is 5. The number of nitrogens with zero attached hydrogens (tertiary/aromatic N) is 1. The molecule has 1 rings (SSSR count). The minimum Gasteiger partial charge on any atom is -0.396 e. The van der Waals surface area contributed by atoms with Gasteiger partial charge in [0.1, 0.15) is 0 Å². The first-order valence-corrected chi connectivity index (χ1v) is 5.75. The lowest BCUT2D eigenvalue weighted by atomic mass is 10.1. The van der Waals surface area contributed by atoms with E-state index in [0.29, 0.717) is 12.0 Å². The highest BCUT2D eigenvalue weighted by Crippen LogP contribution is 2.17. The summed E-state index contributed by atoms with van der Waals surface area (Å²) in [5.74, 6) is 0.538. The van der Waals surface area contributed by atoms with E-state index in [2.05, 4.69) is 24.1 Å². The molecule has 0 aromatic carbocycles. The van der Waals surface area contributed by atoms with Crippen LogP contribution in [0.15, 0.2) is 0 Å². The molecule has 1 amide bonds. The van der Waals surface area contributed by atoms with Gasteiger partial charge in [-0.15, -0.1) is 0 Å². The maximum Gasteiger partial charge on any atom is 0.222 e. The summed E-state index contributed by atoms with van der Waals surface area (Å²) < 4.78 is 0. The Morgan fingerprint density at radius 2 is 2.33 bits per heavy atom. The van der Waals surface area contributed by atoms with E-state index in [0.717, 1.165) is 26.1 Å². The number of amides is 1. The molecule has 1 heterocycles. The van der Waals surface area contributed by atoms with Crippen LogP contribution in [0.1, 0.15) is 26.7 Å². The molecule has 2 N–H and O–H groups in total. The van der Waals surface area contributed by atoms with Crippen molar-refractivity contribution >= 4 is 5.91 Å². The van der Waals surface area contributed by atoms with Gasteiger partial charge in [-0.3, -0.25) is 4.79 Å². The zero-order chi connectivity index (χ0) is 11.3. The molecule has 4 heteroatoms. The van der Waals surface area contributed by atoms with Gasteiger partial charge in [-0.2, -0.15) is 0 Å². The average Bonchev–Trinajstić information content (AvgIpc) is 2.63. The van der Waals surface area contributed by atoms with Crippen LogP contribution >= 0.6 is 0 Å². The standard InChI is InChI=1S/C11H22N2O2/c1-9(2)13-5-3-10(8-13)7-12-11(15)4-6-14/h9-10,14H,3-8H2,1-2H3,(H,12,15). The third kappa shape index (κ3) is 4.18. The van der Waals surface area contributed by atoms with Crippen molar-refractivity contribution in [1.29, 1.82) is 0 Å². The predicted octanol–water partition coefficient (Wildman–Crippen LogP) is 0.215. The number of hydrogen-bond donors (Lipinski definition) is 2. The number of hydrogen-bond acceptors (Lipinski definition) is 3. The van der Waals surface area contributed by atoms with Gasteiger partial charge in [0, 0.05) is 25.6 Å². The molecule has 0 aromatic heterocycles. The fourth-order valence-corrected chi connectivity index (χ4v) is 1.95. The van der Waals surface area contributed by atoms with Crippen LogP contribution in [-0.2, 0) is 4.79 Å². The van der Waals surface area contributed by atoms with Crippen molar-refractivity contribution in [2.45, 2.75) is 32.7 Å². The van der Waals surface area contributed by atoms with Crippen LogP contribution in [0.3, 0.4) is 0 Å². The molecular weight excluding hydrogens is 192 g/mol. The number of carbonyl (C=O) groups excluding carboxylic acids is 1. The summed E-state index contributed by atoms with van der Waals surface area (Å²) >= 11 is 0. The van der Waals surface area contributed by atoms with Gasteiger partial charge in [0.05, 0.1) is 6.61 Å². The molecule has 0 aromatic rings. The molecule has 1 saturated heterocycles. The van der Waals surface area contributed by atoms with Crippen molar-refractivity contribution in [3.05, 3.63) is 0 Å². The van der Waals surface area contributed by atoms with Crippen LogP contribution in [0, 0.1) is 5.92 Å². The Morgan fingerprint density at radius 1 is 1.60 bits per heavy atom. The largest absolute Gasteiger partial charge is 0.396 e. The molecule has 1 aliphatic heterocycles. The highest BCUT2D eigenvalue weighted by molar-refractivity contribution is 5.75. The third-order valence-corrected chi connectivity index (χ3v) is 2.97. The minimum absolute atomic E-state index is 0.0412. The van der Waals surface area contributed by atoms with Crippen molar-refractivity contribution in [1.82, 2.24) is 10.2 Å². The van der Waals surface area contributed by atoms with Gasteiger partial charge in [-0.25, -0.2) is 0 Å². The summed E-state index contributed by atoms with van der Waals surface area (Å²) in [6, 6.07) is 0.600. The lowest BCUT2D eigenvalue weighted by Crippen LogP contribution is -2.33. The topological polar surface area (TPSA) is 52.6 Å². The van der Waals surface area contributed by atoms with Crippen LogP contribution in [0.5, 0.6) is 0 Å². The van der Waals surface area contributed by atoms with E-state index in [9.17, 15) is 4.79 Å². The molecule has 0 radical (unpaired) electrons. The minimum atomic E-state index is -0.0609. The number of nitrogens with one attached hydrogen (secondary N) is 1. The van der Waals surface area contributed by atoms with E-state index >= 15 is 0 Å². The molecular formula is C11H22N2O2. The lowest BCUT2D eigenvalue weighted by Gasteiger charge is -2.20. The Kier molecular flexibility index (Phi) is 5.05. The zero-order valence-corrected chi connectivity index (χ0v) is 9.70. The molecule has 0 spiro atoms. The monoisotopic (exact) mass is 214 g/mol. The lowest BCUT2D eigenvalue weighted by molar-refractivity contribution is -0.121. The molecule has 1 aliphatic rings. The average molecular weight is 214 g/mol.